The van der Waals surface area contributed by atoms with Crippen molar-refractivity contribution in [3.8, 4) is 27.8 Å². The van der Waals surface area contributed by atoms with Gasteiger partial charge < -0.3 is 24.5 Å². The minimum absolute atomic E-state index is 0.00456. The second kappa shape index (κ2) is 9.95. The van der Waals surface area contributed by atoms with Crippen molar-refractivity contribution >= 4 is 28.1 Å². The lowest BCUT2D eigenvalue weighted by Crippen LogP contribution is -2.35. The van der Waals surface area contributed by atoms with Gasteiger partial charge in [0.15, 0.2) is 11.5 Å². The third-order valence-electron chi connectivity index (χ3n) is 5.41. The fourth-order valence-electron chi connectivity index (χ4n) is 3.90. The van der Waals surface area contributed by atoms with Crippen LogP contribution < -0.4 is 19.5 Å². The average molecular weight is 466 g/mol. The number of carbonyl (C=O) groups is 1. The monoisotopic (exact) mass is 465 g/mol. The number of aromatic amines is 1. The van der Waals surface area contributed by atoms with Crippen molar-refractivity contribution in [3.05, 3.63) is 59.2 Å². The van der Waals surface area contributed by atoms with E-state index in [1.54, 1.807) is 21.3 Å². The number of rotatable bonds is 9. The van der Waals surface area contributed by atoms with E-state index in [0.29, 0.717) is 17.2 Å². The van der Waals surface area contributed by atoms with E-state index >= 15 is 0 Å². The standard InChI is InChI=1S/C25H27N3O4S/c1-15(9-17-13-26-20-8-6-5-7-19(17)20)27-23(29)12-18-14-33-25(28-18)16-10-21(30-2)24(32-4)22(11-16)31-3/h5-8,10-11,13-15,26H,9,12H2,1-4H3,(H,27,29). The van der Waals surface area contributed by atoms with E-state index in [1.807, 2.05) is 42.8 Å². The first-order valence-electron chi connectivity index (χ1n) is 10.6. The predicted molar refractivity (Wildman–Crippen MR) is 131 cm³/mol. The molecule has 0 fully saturated rings. The zero-order valence-corrected chi connectivity index (χ0v) is 19.9. The normalized spacial score (nSPS) is 11.9. The number of methoxy groups -OCH3 is 3. The van der Waals surface area contributed by atoms with Crippen LogP contribution in [-0.2, 0) is 17.6 Å². The van der Waals surface area contributed by atoms with Gasteiger partial charge in [0, 0.05) is 34.1 Å². The van der Waals surface area contributed by atoms with Crippen LogP contribution in [0.4, 0.5) is 0 Å². The summed E-state index contributed by atoms with van der Waals surface area (Å²) in [5, 5.41) is 6.96. The lowest BCUT2D eigenvalue weighted by molar-refractivity contribution is -0.121. The molecule has 2 N–H and O–H groups in total. The summed E-state index contributed by atoms with van der Waals surface area (Å²) in [4.78, 5) is 20.6. The molecule has 2 aromatic heterocycles. The van der Waals surface area contributed by atoms with Gasteiger partial charge in [-0.3, -0.25) is 4.79 Å². The highest BCUT2D eigenvalue weighted by atomic mass is 32.1. The molecule has 1 atom stereocenters. The number of amides is 1. The topological polar surface area (TPSA) is 85.5 Å². The van der Waals surface area contributed by atoms with Crippen LogP contribution in [0.15, 0.2) is 48.0 Å². The van der Waals surface area contributed by atoms with E-state index in [4.69, 9.17) is 14.2 Å². The summed E-state index contributed by atoms with van der Waals surface area (Å²) in [5.41, 5.74) is 3.86. The van der Waals surface area contributed by atoms with Gasteiger partial charge in [-0.25, -0.2) is 4.98 Å². The van der Waals surface area contributed by atoms with Gasteiger partial charge in [-0.05, 0) is 37.1 Å². The van der Waals surface area contributed by atoms with Crippen LogP contribution in [-0.4, -0.2) is 43.2 Å². The number of hydrogen-bond donors (Lipinski definition) is 2. The number of H-pyrrole nitrogens is 1. The van der Waals surface area contributed by atoms with Gasteiger partial charge in [-0.1, -0.05) is 18.2 Å². The maximum absolute atomic E-state index is 12.6. The Kier molecular flexibility index (Phi) is 6.84. The number of nitrogens with zero attached hydrogens (tertiary/aromatic N) is 1. The second-order valence-corrected chi connectivity index (χ2v) is 8.63. The van der Waals surface area contributed by atoms with Gasteiger partial charge in [-0.15, -0.1) is 11.3 Å². The van der Waals surface area contributed by atoms with Gasteiger partial charge >= 0.3 is 0 Å². The Morgan fingerprint density at radius 3 is 2.55 bits per heavy atom. The number of hydrogen-bond acceptors (Lipinski definition) is 6. The summed E-state index contributed by atoms with van der Waals surface area (Å²) in [7, 11) is 4.73. The van der Waals surface area contributed by atoms with Gasteiger partial charge in [-0.2, -0.15) is 0 Å². The number of thiazole rings is 1. The average Bonchev–Trinajstić information content (AvgIpc) is 3.45. The minimum Gasteiger partial charge on any atom is -0.493 e. The first kappa shape index (κ1) is 22.7. The van der Waals surface area contributed by atoms with Gasteiger partial charge in [0.1, 0.15) is 5.01 Å². The Morgan fingerprint density at radius 1 is 1.12 bits per heavy atom. The molecule has 0 aliphatic heterocycles. The predicted octanol–water partition coefficient (Wildman–Crippen LogP) is 4.61. The summed E-state index contributed by atoms with van der Waals surface area (Å²) >= 11 is 1.47. The second-order valence-electron chi connectivity index (χ2n) is 7.77. The van der Waals surface area contributed by atoms with E-state index in [9.17, 15) is 4.79 Å². The lowest BCUT2D eigenvalue weighted by atomic mass is 10.1. The molecule has 1 amide bonds. The Hall–Kier alpha value is -3.52. The molecule has 0 aliphatic carbocycles. The maximum Gasteiger partial charge on any atom is 0.226 e. The molecule has 33 heavy (non-hydrogen) atoms. The SMILES string of the molecule is COc1cc(-c2nc(CC(=O)NC(C)Cc3c[nH]c4ccccc34)cs2)cc(OC)c1OC. The number of para-hydroxylation sites is 1. The molecule has 1 unspecified atom stereocenters. The van der Waals surface area contributed by atoms with Crippen LogP contribution >= 0.6 is 11.3 Å². The molecule has 0 aliphatic rings. The molecule has 8 heteroatoms. The van der Waals surface area contributed by atoms with Crippen LogP contribution in [0.2, 0.25) is 0 Å². The molecule has 0 radical (unpaired) electrons. The quantitative estimate of drug-likeness (QED) is 0.377. The molecule has 172 valence electrons. The molecule has 2 aromatic carbocycles. The highest BCUT2D eigenvalue weighted by Gasteiger charge is 2.17. The zero-order chi connectivity index (χ0) is 23.4. The molecular weight excluding hydrogens is 438 g/mol. The smallest absolute Gasteiger partial charge is 0.226 e. The van der Waals surface area contributed by atoms with E-state index in [1.165, 1.54) is 22.3 Å². The van der Waals surface area contributed by atoms with Crippen molar-refractivity contribution in [2.45, 2.75) is 25.8 Å². The van der Waals surface area contributed by atoms with Crippen LogP contribution in [0.25, 0.3) is 21.5 Å². The van der Waals surface area contributed by atoms with Crippen molar-refractivity contribution in [3.63, 3.8) is 0 Å². The maximum atomic E-state index is 12.6. The summed E-state index contributed by atoms with van der Waals surface area (Å²) in [5.74, 6) is 1.60. The van der Waals surface area contributed by atoms with E-state index in [-0.39, 0.29) is 18.4 Å². The van der Waals surface area contributed by atoms with Gasteiger partial charge in [0.2, 0.25) is 11.7 Å². The van der Waals surface area contributed by atoms with E-state index < -0.39 is 0 Å². The Labute approximate surface area is 196 Å². The van der Waals surface area contributed by atoms with Crippen LogP contribution in [0.5, 0.6) is 17.2 Å². The molecular formula is C25H27N3O4S. The van der Waals surface area contributed by atoms with Crippen molar-refractivity contribution in [1.82, 2.24) is 15.3 Å². The van der Waals surface area contributed by atoms with Crippen molar-refractivity contribution in [1.29, 1.82) is 0 Å². The van der Waals surface area contributed by atoms with Gasteiger partial charge in [0.25, 0.3) is 0 Å². The number of ether oxygens (including phenoxy) is 3. The minimum atomic E-state index is -0.0518. The highest BCUT2D eigenvalue weighted by Crippen LogP contribution is 2.41. The van der Waals surface area contributed by atoms with E-state index in [2.05, 4.69) is 27.4 Å². The molecule has 0 bridgehead atoms. The number of nitrogens with one attached hydrogen (secondary N) is 2. The third kappa shape index (κ3) is 4.96. The third-order valence-corrected chi connectivity index (χ3v) is 6.35. The Bertz CT molecular complexity index is 1240. The number of aromatic nitrogens is 2. The first-order chi connectivity index (χ1) is 16.0. The van der Waals surface area contributed by atoms with Crippen LogP contribution in [0.3, 0.4) is 0 Å². The largest absolute Gasteiger partial charge is 0.493 e. The summed E-state index contributed by atoms with van der Waals surface area (Å²) < 4.78 is 16.2. The molecule has 4 rings (SSSR count). The molecule has 0 saturated carbocycles. The fourth-order valence-corrected chi connectivity index (χ4v) is 4.70. The summed E-state index contributed by atoms with van der Waals surface area (Å²) in [6.07, 6.45) is 2.99. The van der Waals surface area contributed by atoms with Crippen molar-refractivity contribution in [2.75, 3.05) is 21.3 Å². The molecule has 0 saturated heterocycles. The molecule has 7 nitrogen and oxygen atoms in total. The molecule has 2 heterocycles. The van der Waals surface area contributed by atoms with Crippen LogP contribution in [0.1, 0.15) is 18.2 Å². The molecule has 0 spiro atoms. The first-order valence-corrected chi connectivity index (χ1v) is 11.5. The van der Waals surface area contributed by atoms with Crippen molar-refractivity contribution < 1.29 is 19.0 Å². The number of carbonyl (C=O) groups excluding carboxylic acids is 1. The Balaban J connectivity index is 1.41. The van der Waals surface area contributed by atoms with E-state index in [0.717, 1.165) is 28.2 Å². The summed E-state index contributed by atoms with van der Waals surface area (Å²) in [6.45, 7) is 2.02. The number of fused-ring (bicyclic) bond motifs is 1. The lowest BCUT2D eigenvalue weighted by Gasteiger charge is -2.13. The fraction of sp³-hybridized carbons (Fsp3) is 0.280. The molecule has 4 aromatic rings. The van der Waals surface area contributed by atoms with Crippen molar-refractivity contribution in [2.24, 2.45) is 0 Å². The summed E-state index contributed by atoms with van der Waals surface area (Å²) in [6, 6.07) is 11.9. The van der Waals surface area contributed by atoms with Gasteiger partial charge in [0.05, 0.1) is 33.4 Å². The number of benzene rings is 2. The highest BCUT2D eigenvalue weighted by molar-refractivity contribution is 7.13. The zero-order valence-electron chi connectivity index (χ0n) is 19.1. The Morgan fingerprint density at radius 2 is 1.85 bits per heavy atom. The van der Waals surface area contributed by atoms with Crippen LogP contribution in [0, 0.1) is 0 Å².